The van der Waals surface area contributed by atoms with Crippen molar-refractivity contribution in [3.05, 3.63) is 29.8 Å². The van der Waals surface area contributed by atoms with E-state index in [0.717, 1.165) is 5.41 Å². The van der Waals surface area contributed by atoms with Crippen LogP contribution in [0.3, 0.4) is 0 Å². The average Bonchev–Trinajstić information content (AvgIpc) is 2.92. The molecule has 1 spiro atoms. The first-order chi connectivity index (χ1) is 9.81. The predicted octanol–water partition coefficient (Wildman–Crippen LogP) is 5.55. The van der Waals surface area contributed by atoms with Gasteiger partial charge in [0.15, 0.2) is 0 Å². The van der Waals surface area contributed by atoms with Gasteiger partial charge in [0.2, 0.25) is 0 Å². The summed E-state index contributed by atoms with van der Waals surface area (Å²) in [6, 6.07) is 9.60. The van der Waals surface area contributed by atoms with Gasteiger partial charge in [-0.3, -0.25) is 0 Å². The number of anilines is 1. The van der Waals surface area contributed by atoms with E-state index in [9.17, 15) is 0 Å². The molecule has 2 fully saturated rings. The van der Waals surface area contributed by atoms with Crippen LogP contribution in [-0.4, -0.2) is 6.04 Å². The van der Waals surface area contributed by atoms with Gasteiger partial charge in [0.1, 0.15) is 0 Å². The molecule has 0 atom stereocenters. The molecule has 0 saturated heterocycles. The van der Waals surface area contributed by atoms with Crippen LogP contribution in [-0.2, 0) is 6.42 Å². The lowest BCUT2D eigenvalue weighted by Gasteiger charge is -2.38. The normalized spacial score (nSPS) is 22.2. The van der Waals surface area contributed by atoms with E-state index in [1.54, 1.807) is 0 Å². The second-order valence-electron chi connectivity index (χ2n) is 7.03. The quantitative estimate of drug-likeness (QED) is 0.756. The third-order valence-electron chi connectivity index (χ3n) is 5.61. The number of benzene rings is 1. The van der Waals surface area contributed by atoms with Crippen LogP contribution in [0.1, 0.15) is 70.3 Å². The summed E-state index contributed by atoms with van der Waals surface area (Å²) in [5.41, 5.74) is 3.64. The Kier molecular flexibility index (Phi) is 4.33. The standard InChI is InChI=1S/C19H29N/c1-2-7-16-8-3-4-9-18(16)20-17-10-14-19(15-11-17)12-5-6-13-19/h3-4,8-9,17,20H,2,5-7,10-15H2,1H3. The monoisotopic (exact) mass is 271 g/mol. The van der Waals surface area contributed by atoms with E-state index in [2.05, 4.69) is 36.5 Å². The number of aryl methyl sites for hydroxylation is 1. The molecule has 0 unspecified atom stereocenters. The van der Waals surface area contributed by atoms with Gasteiger partial charge in [-0.15, -0.1) is 0 Å². The first-order valence-corrected chi connectivity index (χ1v) is 8.66. The van der Waals surface area contributed by atoms with Crippen LogP contribution in [0.4, 0.5) is 5.69 Å². The van der Waals surface area contributed by atoms with Crippen LogP contribution in [0.15, 0.2) is 24.3 Å². The molecule has 1 heteroatoms. The highest BCUT2D eigenvalue weighted by Gasteiger charge is 2.37. The largest absolute Gasteiger partial charge is 0.382 e. The molecule has 1 aromatic carbocycles. The molecular formula is C19H29N. The van der Waals surface area contributed by atoms with Crippen molar-refractivity contribution in [3.63, 3.8) is 0 Å². The topological polar surface area (TPSA) is 12.0 Å². The zero-order valence-corrected chi connectivity index (χ0v) is 13.0. The molecule has 1 nitrogen and oxygen atoms in total. The van der Waals surface area contributed by atoms with Crippen molar-refractivity contribution in [2.45, 2.75) is 77.2 Å². The minimum absolute atomic E-state index is 0.708. The predicted molar refractivity (Wildman–Crippen MR) is 87.2 cm³/mol. The Labute approximate surface area is 124 Å². The van der Waals surface area contributed by atoms with Crippen molar-refractivity contribution >= 4 is 5.69 Å². The van der Waals surface area contributed by atoms with Crippen LogP contribution in [0.5, 0.6) is 0 Å². The molecule has 3 rings (SSSR count). The minimum atomic E-state index is 0.708. The van der Waals surface area contributed by atoms with Gasteiger partial charge in [-0.2, -0.15) is 0 Å². The van der Waals surface area contributed by atoms with Crippen LogP contribution < -0.4 is 5.32 Å². The van der Waals surface area contributed by atoms with Crippen molar-refractivity contribution < 1.29 is 0 Å². The van der Waals surface area contributed by atoms with Gasteiger partial charge in [-0.1, -0.05) is 44.4 Å². The van der Waals surface area contributed by atoms with Crippen LogP contribution in [0, 0.1) is 5.41 Å². The van der Waals surface area contributed by atoms with Gasteiger partial charge in [-0.25, -0.2) is 0 Å². The number of rotatable bonds is 4. The Morgan fingerprint density at radius 1 is 1.05 bits per heavy atom. The van der Waals surface area contributed by atoms with Crippen LogP contribution in [0.2, 0.25) is 0 Å². The number of nitrogens with one attached hydrogen (secondary N) is 1. The van der Waals surface area contributed by atoms with Gasteiger partial charge >= 0.3 is 0 Å². The third-order valence-corrected chi connectivity index (χ3v) is 5.61. The van der Waals surface area contributed by atoms with E-state index in [0.29, 0.717) is 6.04 Å². The van der Waals surface area contributed by atoms with E-state index in [-0.39, 0.29) is 0 Å². The average molecular weight is 271 g/mol. The summed E-state index contributed by atoms with van der Waals surface area (Å²) in [7, 11) is 0. The Bertz CT molecular complexity index is 421. The van der Waals surface area contributed by atoms with Gasteiger partial charge in [-0.05, 0) is 62.0 Å². The van der Waals surface area contributed by atoms with Gasteiger partial charge < -0.3 is 5.32 Å². The van der Waals surface area contributed by atoms with E-state index < -0.39 is 0 Å². The first kappa shape index (κ1) is 14.0. The fourth-order valence-electron chi connectivity index (χ4n) is 4.37. The zero-order chi connectivity index (χ0) is 13.8. The number of hydrogen-bond donors (Lipinski definition) is 1. The first-order valence-electron chi connectivity index (χ1n) is 8.66. The highest BCUT2D eigenvalue weighted by molar-refractivity contribution is 5.51. The Morgan fingerprint density at radius 3 is 2.45 bits per heavy atom. The fraction of sp³-hybridized carbons (Fsp3) is 0.684. The summed E-state index contributed by atoms with van der Waals surface area (Å²) in [5.74, 6) is 0. The molecule has 1 N–H and O–H groups in total. The molecule has 1 aromatic rings. The van der Waals surface area contributed by atoms with Crippen LogP contribution >= 0.6 is 0 Å². The number of para-hydroxylation sites is 1. The second-order valence-corrected chi connectivity index (χ2v) is 7.03. The lowest BCUT2D eigenvalue weighted by Crippen LogP contribution is -2.31. The van der Waals surface area contributed by atoms with E-state index in [1.807, 2.05) is 0 Å². The van der Waals surface area contributed by atoms with E-state index in [1.165, 1.54) is 75.5 Å². The minimum Gasteiger partial charge on any atom is -0.382 e. The van der Waals surface area contributed by atoms with Crippen LogP contribution in [0.25, 0.3) is 0 Å². The lowest BCUT2D eigenvalue weighted by atomic mass is 9.71. The van der Waals surface area contributed by atoms with Gasteiger partial charge in [0, 0.05) is 11.7 Å². The van der Waals surface area contributed by atoms with Crippen molar-refractivity contribution in [2.75, 3.05) is 5.32 Å². The molecule has 0 radical (unpaired) electrons. The fourth-order valence-corrected chi connectivity index (χ4v) is 4.37. The zero-order valence-electron chi connectivity index (χ0n) is 13.0. The van der Waals surface area contributed by atoms with Crippen molar-refractivity contribution in [1.82, 2.24) is 0 Å². The van der Waals surface area contributed by atoms with Gasteiger partial charge in [0.05, 0.1) is 0 Å². The number of hydrogen-bond acceptors (Lipinski definition) is 1. The third kappa shape index (κ3) is 3.02. The molecule has 110 valence electrons. The maximum absolute atomic E-state index is 3.84. The SMILES string of the molecule is CCCc1ccccc1NC1CCC2(CCCC2)CC1. The van der Waals surface area contributed by atoms with Crippen molar-refractivity contribution in [3.8, 4) is 0 Å². The van der Waals surface area contributed by atoms with Crippen molar-refractivity contribution in [1.29, 1.82) is 0 Å². The molecule has 2 aliphatic rings. The molecule has 2 aliphatic carbocycles. The molecule has 0 aromatic heterocycles. The molecule has 20 heavy (non-hydrogen) atoms. The smallest absolute Gasteiger partial charge is 0.0374 e. The lowest BCUT2D eigenvalue weighted by molar-refractivity contribution is 0.188. The second kappa shape index (κ2) is 6.20. The Hall–Kier alpha value is -0.980. The van der Waals surface area contributed by atoms with Gasteiger partial charge in [0.25, 0.3) is 0 Å². The molecule has 0 heterocycles. The molecule has 0 amide bonds. The highest BCUT2D eigenvalue weighted by atomic mass is 14.9. The molecule has 2 saturated carbocycles. The van der Waals surface area contributed by atoms with E-state index >= 15 is 0 Å². The summed E-state index contributed by atoms with van der Waals surface area (Å²) in [4.78, 5) is 0. The van der Waals surface area contributed by atoms with E-state index in [4.69, 9.17) is 0 Å². The maximum Gasteiger partial charge on any atom is 0.0374 e. The summed E-state index contributed by atoms with van der Waals surface area (Å²) in [6.07, 6.45) is 14.1. The highest BCUT2D eigenvalue weighted by Crippen LogP contribution is 2.49. The molecular weight excluding hydrogens is 242 g/mol. The maximum atomic E-state index is 3.84. The Morgan fingerprint density at radius 2 is 1.75 bits per heavy atom. The Balaban J connectivity index is 1.59. The summed E-state index contributed by atoms with van der Waals surface area (Å²) >= 11 is 0. The summed E-state index contributed by atoms with van der Waals surface area (Å²) in [5, 5.41) is 3.84. The molecule has 0 bridgehead atoms. The van der Waals surface area contributed by atoms with Crippen molar-refractivity contribution in [2.24, 2.45) is 5.41 Å². The summed E-state index contributed by atoms with van der Waals surface area (Å²) < 4.78 is 0. The summed E-state index contributed by atoms with van der Waals surface area (Å²) in [6.45, 7) is 2.27. The molecule has 0 aliphatic heterocycles.